The number of pyridine rings is 1. The number of anilines is 1. The molecule has 8 heteroatoms. The summed E-state index contributed by atoms with van der Waals surface area (Å²) < 4.78 is 26.3. The van der Waals surface area contributed by atoms with Crippen LogP contribution < -0.4 is 5.32 Å². The normalized spacial score (nSPS) is 23.2. The van der Waals surface area contributed by atoms with Crippen molar-refractivity contribution in [2.75, 3.05) is 32.0 Å². The zero-order valence-electron chi connectivity index (χ0n) is 12.5. The number of aromatic nitrogens is 1. The van der Waals surface area contributed by atoms with Gasteiger partial charge < -0.3 is 10.2 Å². The maximum absolute atomic E-state index is 12.4. The van der Waals surface area contributed by atoms with Gasteiger partial charge >= 0.3 is 0 Å². The predicted molar refractivity (Wildman–Crippen MR) is 81.9 cm³/mol. The minimum Gasteiger partial charge on any atom is -0.358 e. The molecule has 3 rings (SSSR count). The Labute approximate surface area is 130 Å². The van der Waals surface area contributed by atoms with Crippen LogP contribution in [0.5, 0.6) is 0 Å². The van der Waals surface area contributed by atoms with Crippen LogP contribution in [0, 0.1) is 0 Å². The number of nitrogens with zero attached hydrogens (tertiary/aromatic N) is 3. The summed E-state index contributed by atoms with van der Waals surface area (Å²) in [6.45, 7) is 1.87. The topological polar surface area (TPSA) is 82.6 Å². The van der Waals surface area contributed by atoms with Gasteiger partial charge in [0.05, 0.1) is 0 Å². The molecule has 1 unspecified atom stereocenters. The number of carbonyl (C=O) groups is 1. The van der Waals surface area contributed by atoms with E-state index in [1.165, 1.54) is 10.5 Å². The van der Waals surface area contributed by atoms with Gasteiger partial charge in [-0.15, -0.1) is 0 Å². The molecule has 1 aromatic rings. The van der Waals surface area contributed by atoms with E-state index in [1.54, 1.807) is 24.1 Å². The first-order valence-electron chi connectivity index (χ1n) is 7.46. The SMILES string of the molecule is CN1CCC(Nc2ccc(S(=O)(=O)N3CCCC3)cn2)C1=O. The van der Waals surface area contributed by atoms with Gasteiger partial charge in [-0.05, 0) is 31.4 Å². The second-order valence-corrected chi connectivity index (χ2v) is 7.67. The molecule has 1 aromatic heterocycles. The monoisotopic (exact) mass is 324 g/mol. The molecule has 7 nitrogen and oxygen atoms in total. The Balaban J connectivity index is 1.71. The maximum atomic E-state index is 12.4. The zero-order valence-corrected chi connectivity index (χ0v) is 13.3. The highest BCUT2D eigenvalue weighted by Crippen LogP contribution is 2.21. The molecule has 2 fully saturated rings. The highest BCUT2D eigenvalue weighted by Gasteiger charge is 2.30. The summed E-state index contributed by atoms with van der Waals surface area (Å²) in [6.07, 6.45) is 3.90. The van der Waals surface area contributed by atoms with Crippen LogP contribution in [0.25, 0.3) is 0 Å². The number of likely N-dealkylation sites (N-methyl/N-ethyl adjacent to an activating group) is 1. The van der Waals surface area contributed by atoms with Crippen molar-refractivity contribution in [2.24, 2.45) is 0 Å². The number of rotatable bonds is 4. The number of sulfonamides is 1. The van der Waals surface area contributed by atoms with E-state index in [0.717, 1.165) is 25.8 Å². The van der Waals surface area contributed by atoms with E-state index < -0.39 is 10.0 Å². The number of amides is 1. The standard InChI is InChI=1S/C14H20N4O3S/c1-17-9-6-12(14(17)19)16-13-5-4-11(10-15-13)22(20,21)18-7-2-3-8-18/h4-5,10,12H,2-3,6-9H2,1H3,(H,15,16). The molecule has 0 radical (unpaired) electrons. The van der Waals surface area contributed by atoms with Crippen molar-refractivity contribution in [3.8, 4) is 0 Å². The van der Waals surface area contributed by atoms with Crippen molar-refractivity contribution in [3.63, 3.8) is 0 Å². The average molecular weight is 324 g/mol. The summed E-state index contributed by atoms with van der Waals surface area (Å²) in [5, 5.41) is 3.06. The molecule has 0 bridgehead atoms. The molecule has 0 spiro atoms. The van der Waals surface area contributed by atoms with Gasteiger partial charge in [-0.25, -0.2) is 13.4 Å². The summed E-state index contributed by atoms with van der Waals surface area (Å²) in [5.41, 5.74) is 0. The van der Waals surface area contributed by atoms with Crippen LogP contribution in [0.1, 0.15) is 19.3 Å². The molecule has 1 amide bonds. The van der Waals surface area contributed by atoms with Crippen LogP contribution >= 0.6 is 0 Å². The molecule has 1 atom stereocenters. The van der Waals surface area contributed by atoms with Crippen molar-refractivity contribution in [2.45, 2.75) is 30.2 Å². The molecule has 0 aromatic carbocycles. The minimum atomic E-state index is -3.43. The Hall–Kier alpha value is -1.67. The third-order valence-electron chi connectivity index (χ3n) is 4.19. The summed E-state index contributed by atoms with van der Waals surface area (Å²) in [4.78, 5) is 17.9. The smallest absolute Gasteiger partial charge is 0.244 e. The van der Waals surface area contributed by atoms with Gasteiger partial charge in [0.2, 0.25) is 15.9 Å². The largest absolute Gasteiger partial charge is 0.358 e. The van der Waals surface area contributed by atoms with Gasteiger partial charge in [0, 0.05) is 32.9 Å². The molecule has 22 heavy (non-hydrogen) atoms. The second kappa shape index (κ2) is 5.85. The third kappa shape index (κ3) is 2.80. The van der Waals surface area contributed by atoms with Crippen molar-refractivity contribution in [1.29, 1.82) is 0 Å². The fourth-order valence-electron chi connectivity index (χ4n) is 2.83. The van der Waals surface area contributed by atoms with Crippen molar-refractivity contribution in [1.82, 2.24) is 14.2 Å². The van der Waals surface area contributed by atoms with E-state index in [9.17, 15) is 13.2 Å². The zero-order chi connectivity index (χ0) is 15.7. The number of nitrogens with one attached hydrogen (secondary N) is 1. The Bertz CT molecular complexity index is 653. The maximum Gasteiger partial charge on any atom is 0.244 e. The fourth-order valence-corrected chi connectivity index (χ4v) is 4.29. The third-order valence-corrected chi connectivity index (χ3v) is 6.07. The number of carbonyl (C=O) groups excluding carboxylic acids is 1. The van der Waals surface area contributed by atoms with Gasteiger partial charge in [-0.2, -0.15) is 4.31 Å². The summed E-state index contributed by atoms with van der Waals surface area (Å²) in [6, 6.07) is 2.89. The van der Waals surface area contributed by atoms with E-state index in [0.29, 0.717) is 18.9 Å². The lowest BCUT2D eigenvalue weighted by molar-refractivity contribution is -0.127. The molecular formula is C14H20N4O3S. The van der Waals surface area contributed by atoms with Crippen LogP contribution in [-0.4, -0.2) is 61.2 Å². The van der Waals surface area contributed by atoms with E-state index in [2.05, 4.69) is 10.3 Å². The first-order valence-corrected chi connectivity index (χ1v) is 8.90. The Morgan fingerprint density at radius 3 is 2.50 bits per heavy atom. The van der Waals surface area contributed by atoms with Crippen LogP contribution in [0.4, 0.5) is 5.82 Å². The van der Waals surface area contributed by atoms with Gasteiger partial charge in [0.15, 0.2) is 0 Å². The van der Waals surface area contributed by atoms with E-state index >= 15 is 0 Å². The molecule has 2 saturated heterocycles. The van der Waals surface area contributed by atoms with Gasteiger partial charge in [-0.1, -0.05) is 0 Å². The lowest BCUT2D eigenvalue weighted by atomic mass is 10.2. The van der Waals surface area contributed by atoms with E-state index in [1.807, 2.05) is 0 Å². The summed E-state index contributed by atoms with van der Waals surface area (Å²) in [5.74, 6) is 0.560. The first-order chi connectivity index (χ1) is 10.5. The van der Waals surface area contributed by atoms with Crippen LogP contribution in [0.15, 0.2) is 23.2 Å². The highest BCUT2D eigenvalue weighted by atomic mass is 32.2. The Kier molecular flexibility index (Phi) is 4.05. The molecule has 3 heterocycles. The molecule has 0 saturated carbocycles. The number of hydrogen-bond acceptors (Lipinski definition) is 5. The highest BCUT2D eigenvalue weighted by molar-refractivity contribution is 7.89. The first kappa shape index (κ1) is 15.2. The summed E-state index contributed by atoms with van der Waals surface area (Å²) in [7, 11) is -1.67. The average Bonchev–Trinajstić information content (AvgIpc) is 3.14. The summed E-state index contributed by atoms with van der Waals surface area (Å²) >= 11 is 0. The fraction of sp³-hybridized carbons (Fsp3) is 0.571. The van der Waals surface area contributed by atoms with Gasteiger partial charge in [0.1, 0.15) is 16.8 Å². The predicted octanol–water partition coefficient (Wildman–Crippen LogP) is 0.509. The Morgan fingerprint density at radius 2 is 1.95 bits per heavy atom. The molecule has 2 aliphatic rings. The number of likely N-dealkylation sites (tertiary alicyclic amines) is 1. The molecular weight excluding hydrogens is 304 g/mol. The van der Waals surface area contributed by atoms with Crippen molar-refractivity contribution >= 4 is 21.7 Å². The molecule has 1 N–H and O–H groups in total. The van der Waals surface area contributed by atoms with Crippen LogP contribution in [0.3, 0.4) is 0 Å². The molecule has 0 aliphatic carbocycles. The molecule has 2 aliphatic heterocycles. The number of hydrogen-bond donors (Lipinski definition) is 1. The lowest BCUT2D eigenvalue weighted by Gasteiger charge is -2.16. The van der Waals surface area contributed by atoms with Crippen LogP contribution in [0.2, 0.25) is 0 Å². The second-order valence-electron chi connectivity index (χ2n) is 5.74. The quantitative estimate of drug-likeness (QED) is 0.872. The van der Waals surface area contributed by atoms with Gasteiger partial charge in [-0.3, -0.25) is 4.79 Å². The van der Waals surface area contributed by atoms with Gasteiger partial charge in [0.25, 0.3) is 0 Å². The van der Waals surface area contributed by atoms with E-state index in [4.69, 9.17) is 0 Å². The minimum absolute atomic E-state index is 0.0376. The van der Waals surface area contributed by atoms with Crippen LogP contribution in [-0.2, 0) is 14.8 Å². The molecule has 120 valence electrons. The Morgan fingerprint density at radius 1 is 1.23 bits per heavy atom. The van der Waals surface area contributed by atoms with Crippen molar-refractivity contribution in [3.05, 3.63) is 18.3 Å². The van der Waals surface area contributed by atoms with Crippen molar-refractivity contribution < 1.29 is 13.2 Å². The lowest BCUT2D eigenvalue weighted by Crippen LogP contribution is -2.31. The van der Waals surface area contributed by atoms with E-state index in [-0.39, 0.29) is 16.8 Å².